The number of carbonyl (C=O) groups is 2. The average Bonchev–Trinajstić information content (AvgIpc) is 2.74. The molecule has 1 N–H and O–H groups in total. The summed E-state index contributed by atoms with van der Waals surface area (Å²) in [6, 6.07) is 13.0. The summed E-state index contributed by atoms with van der Waals surface area (Å²) in [5.74, 6) is -0.374. The fraction of sp³-hybridized carbons (Fsp3) is 0.417. The van der Waals surface area contributed by atoms with E-state index in [1.807, 2.05) is 45.0 Å². The van der Waals surface area contributed by atoms with Gasteiger partial charge in [0.05, 0.1) is 19.1 Å². The van der Waals surface area contributed by atoms with Gasteiger partial charge < -0.3 is 15.0 Å². The number of ether oxygens (including phenoxy) is 1. The Morgan fingerprint density at radius 2 is 1.74 bits per heavy atom. The number of amides is 2. The minimum atomic E-state index is -3.80. The highest BCUT2D eigenvalue weighted by Gasteiger charge is 2.31. The third-order valence-electron chi connectivity index (χ3n) is 4.95. The third-order valence-corrected chi connectivity index (χ3v) is 6.62. The Kier molecular flexibility index (Phi) is 9.13. The van der Waals surface area contributed by atoms with Crippen molar-refractivity contribution in [1.29, 1.82) is 0 Å². The Balaban J connectivity index is 2.41. The first-order valence-electron chi connectivity index (χ1n) is 10.7. The second-order valence-electron chi connectivity index (χ2n) is 9.03. The molecule has 1 atom stereocenters. The molecule has 10 heteroatoms. The number of anilines is 1. The summed E-state index contributed by atoms with van der Waals surface area (Å²) >= 11 is 3.39. The molecule has 0 saturated carbocycles. The number of nitrogens with one attached hydrogen (secondary N) is 1. The lowest BCUT2D eigenvalue weighted by atomic mass is 10.1. The summed E-state index contributed by atoms with van der Waals surface area (Å²) in [6.45, 7) is 6.87. The Morgan fingerprint density at radius 3 is 2.26 bits per heavy atom. The number of hydrogen-bond donors (Lipinski definition) is 1. The van der Waals surface area contributed by atoms with Crippen LogP contribution in [0.15, 0.2) is 53.0 Å². The van der Waals surface area contributed by atoms with Gasteiger partial charge in [-0.25, -0.2) is 8.42 Å². The second-order valence-corrected chi connectivity index (χ2v) is 11.9. The lowest BCUT2D eigenvalue weighted by Gasteiger charge is -2.33. The first-order valence-corrected chi connectivity index (χ1v) is 13.3. The van der Waals surface area contributed by atoms with Crippen LogP contribution in [0.5, 0.6) is 5.75 Å². The maximum absolute atomic E-state index is 13.5. The van der Waals surface area contributed by atoms with Gasteiger partial charge >= 0.3 is 0 Å². The fourth-order valence-electron chi connectivity index (χ4n) is 3.22. The van der Waals surface area contributed by atoms with Crippen molar-refractivity contribution < 1.29 is 22.7 Å². The van der Waals surface area contributed by atoms with E-state index in [0.717, 1.165) is 20.6 Å². The quantitative estimate of drug-likeness (QED) is 0.512. The molecule has 8 nitrogen and oxygen atoms in total. The van der Waals surface area contributed by atoms with Gasteiger partial charge in [-0.3, -0.25) is 13.9 Å². The standard InChI is InChI=1S/C24H32BrN3O5S/c1-17(23(30)26-24(2,3)4)27(15-18-10-12-19(25)13-11-18)22(29)16-28(34(6,31)32)20-8-7-9-21(14-20)33-5/h7-14,17H,15-16H2,1-6H3,(H,26,30)/t17-/m0/s1. The highest BCUT2D eigenvalue weighted by Crippen LogP contribution is 2.24. The summed E-state index contributed by atoms with van der Waals surface area (Å²) in [5, 5.41) is 2.89. The van der Waals surface area contributed by atoms with Crippen molar-refractivity contribution in [2.24, 2.45) is 0 Å². The SMILES string of the molecule is COc1cccc(N(CC(=O)N(Cc2ccc(Br)cc2)[C@@H](C)C(=O)NC(C)(C)C)S(C)(=O)=O)c1. The van der Waals surface area contributed by atoms with Gasteiger partial charge in [0.1, 0.15) is 18.3 Å². The molecule has 0 aliphatic carbocycles. The molecule has 0 aliphatic heterocycles. The topological polar surface area (TPSA) is 96.0 Å². The maximum atomic E-state index is 13.5. The molecule has 0 unspecified atom stereocenters. The molecule has 0 aliphatic rings. The van der Waals surface area contributed by atoms with Crippen LogP contribution in [-0.2, 0) is 26.2 Å². The fourth-order valence-corrected chi connectivity index (χ4v) is 4.33. The molecule has 0 fully saturated rings. The molecule has 0 bridgehead atoms. The van der Waals surface area contributed by atoms with E-state index < -0.39 is 34.1 Å². The van der Waals surface area contributed by atoms with Gasteiger partial charge in [-0.2, -0.15) is 0 Å². The van der Waals surface area contributed by atoms with E-state index in [2.05, 4.69) is 21.2 Å². The highest BCUT2D eigenvalue weighted by atomic mass is 79.9. The first-order chi connectivity index (χ1) is 15.7. The smallest absolute Gasteiger partial charge is 0.244 e. The van der Waals surface area contributed by atoms with Gasteiger partial charge in [0.25, 0.3) is 0 Å². The minimum absolute atomic E-state index is 0.139. The van der Waals surface area contributed by atoms with Gasteiger partial charge in [0.15, 0.2) is 0 Å². The van der Waals surface area contributed by atoms with Crippen molar-refractivity contribution >= 4 is 43.5 Å². The number of rotatable bonds is 9. The Morgan fingerprint density at radius 1 is 1.12 bits per heavy atom. The molecule has 0 heterocycles. The zero-order valence-corrected chi connectivity index (χ0v) is 22.7. The van der Waals surface area contributed by atoms with Gasteiger partial charge in [-0.1, -0.05) is 34.1 Å². The van der Waals surface area contributed by atoms with Crippen LogP contribution >= 0.6 is 15.9 Å². The van der Waals surface area contributed by atoms with Crippen molar-refractivity contribution in [1.82, 2.24) is 10.2 Å². The highest BCUT2D eigenvalue weighted by molar-refractivity contribution is 9.10. The van der Waals surface area contributed by atoms with Crippen LogP contribution in [0.2, 0.25) is 0 Å². The Bertz CT molecular complexity index is 1110. The molecule has 2 rings (SSSR count). The predicted molar refractivity (Wildman–Crippen MR) is 137 cm³/mol. The van der Waals surface area contributed by atoms with Gasteiger partial charge in [-0.15, -0.1) is 0 Å². The summed E-state index contributed by atoms with van der Waals surface area (Å²) < 4.78 is 32.3. The normalized spacial score (nSPS) is 12.6. The summed E-state index contributed by atoms with van der Waals surface area (Å²) in [7, 11) is -2.32. The van der Waals surface area contributed by atoms with Crippen molar-refractivity contribution in [3.8, 4) is 5.75 Å². The molecular weight excluding hydrogens is 522 g/mol. The van der Waals surface area contributed by atoms with E-state index in [1.54, 1.807) is 31.2 Å². The molecule has 0 spiro atoms. The van der Waals surface area contributed by atoms with Crippen LogP contribution in [0.1, 0.15) is 33.3 Å². The molecule has 0 saturated heterocycles. The molecule has 0 radical (unpaired) electrons. The number of benzene rings is 2. The zero-order valence-electron chi connectivity index (χ0n) is 20.3. The van der Waals surface area contributed by atoms with Crippen molar-refractivity contribution in [2.75, 3.05) is 24.2 Å². The van der Waals surface area contributed by atoms with E-state index in [0.29, 0.717) is 11.4 Å². The first kappa shape index (κ1) is 27.7. The lowest BCUT2D eigenvalue weighted by molar-refractivity contribution is -0.140. The van der Waals surface area contributed by atoms with Crippen LogP contribution in [0.25, 0.3) is 0 Å². The number of sulfonamides is 1. The van der Waals surface area contributed by atoms with Crippen LogP contribution in [0.3, 0.4) is 0 Å². The van der Waals surface area contributed by atoms with Gasteiger partial charge in [-0.05, 0) is 57.5 Å². The Hall–Kier alpha value is -2.59. The zero-order chi connectivity index (χ0) is 25.7. The maximum Gasteiger partial charge on any atom is 0.244 e. The van der Waals surface area contributed by atoms with E-state index in [9.17, 15) is 18.0 Å². The number of carbonyl (C=O) groups excluding carboxylic acids is 2. The molecule has 0 aromatic heterocycles. The molecule has 2 aromatic carbocycles. The number of hydrogen-bond acceptors (Lipinski definition) is 5. The lowest BCUT2D eigenvalue weighted by Crippen LogP contribution is -2.54. The second kappa shape index (κ2) is 11.2. The van der Waals surface area contributed by atoms with Gasteiger partial charge in [0.2, 0.25) is 21.8 Å². The number of halogens is 1. The van der Waals surface area contributed by atoms with E-state index >= 15 is 0 Å². The molecule has 2 aromatic rings. The van der Waals surface area contributed by atoms with Crippen LogP contribution in [0.4, 0.5) is 5.69 Å². The van der Waals surface area contributed by atoms with E-state index in [1.165, 1.54) is 12.0 Å². The minimum Gasteiger partial charge on any atom is -0.497 e. The molecular formula is C24H32BrN3O5S. The average molecular weight is 555 g/mol. The third kappa shape index (κ3) is 8.02. The predicted octanol–water partition coefficient (Wildman–Crippen LogP) is 3.56. The molecule has 186 valence electrons. The van der Waals surface area contributed by atoms with Crippen molar-refractivity contribution in [3.63, 3.8) is 0 Å². The number of nitrogens with zero attached hydrogens (tertiary/aromatic N) is 2. The van der Waals surface area contributed by atoms with E-state index in [4.69, 9.17) is 4.74 Å². The van der Waals surface area contributed by atoms with Crippen LogP contribution < -0.4 is 14.4 Å². The summed E-state index contributed by atoms with van der Waals surface area (Å²) in [6.07, 6.45) is 1.04. The van der Waals surface area contributed by atoms with Crippen molar-refractivity contribution in [2.45, 2.75) is 45.8 Å². The van der Waals surface area contributed by atoms with Gasteiger partial charge in [0, 0.05) is 22.6 Å². The Labute approximate surface area is 210 Å². The molecule has 34 heavy (non-hydrogen) atoms. The summed E-state index contributed by atoms with van der Waals surface area (Å²) in [4.78, 5) is 27.8. The van der Waals surface area contributed by atoms with Crippen LogP contribution in [-0.4, -0.2) is 56.6 Å². The van der Waals surface area contributed by atoms with E-state index in [-0.39, 0.29) is 12.5 Å². The monoisotopic (exact) mass is 553 g/mol. The van der Waals surface area contributed by atoms with Crippen molar-refractivity contribution in [3.05, 3.63) is 58.6 Å². The molecule has 2 amide bonds. The summed E-state index contributed by atoms with van der Waals surface area (Å²) in [5.41, 5.74) is 0.613. The number of methoxy groups -OCH3 is 1. The van der Waals surface area contributed by atoms with Crippen LogP contribution in [0, 0.1) is 0 Å². The largest absolute Gasteiger partial charge is 0.497 e.